The number of benzene rings is 1. The lowest BCUT2D eigenvalue weighted by Crippen LogP contribution is -2.11. The molecule has 84 valence electrons. The Kier molecular flexibility index (Phi) is 2.98. The van der Waals surface area contributed by atoms with E-state index in [1.54, 1.807) is 12.1 Å². The minimum atomic E-state index is -1.47. The number of nitrogens with two attached hydrogens (primary N) is 1. The molecule has 1 aromatic heterocycles. The van der Waals surface area contributed by atoms with Crippen molar-refractivity contribution < 1.29 is 13.2 Å². The Bertz CT molecular complexity index is 473. The Morgan fingerprint density at radius 3 is 2.25 bits per heavy atom. The Morgan fingerprint density at radius 2 is 1.75 bits per heavy atom. The van der Waals surface area contributed by atoms with E-state index in [1.165, 1.54) is 11.3 Å². The number of hydrogen-bond donors (Lipinski definition) is 1. The monoisotopic (exact) mass is 243 g/mol. The third kappa shape index (κ3) is 1.96. The maximum atomic E-state index is 13.0. The van der Waals surface area contributed by atoms with Crippen LogP contribution in [0.4, 0.5) is 13.2 Å². The van der Waals surface area contributed by atoms with Gasteiger partial charge in [0.2, 0.25) is 0 Å². The van der Waals surface area contributed by atoms with Crippen molar-refractivity contribution in [2.75, 3.05) is 0 Å². The first kappa shape index (κ1) is 11.2. The van der Waals surface area contributed by atoms with E-state index in [2.05, 4.69) is 0 Å². The Labute approximate surface area is 94.3 Å². The second-order valence-corrected chi connectivity index (χ2v) is 4.27. The molecule has 1 aromatic carbocycles. The molecule has 0 aliphatic carbocycles. The molecule has 2 aromatic rings. The summed E-state index contributed by atoms with van der Waals surface area (Å²) in [5.41, 5.74) is 6.02. The van der Waals surface area contributed by atoms with Crippen LogP contribution in [0.15, 0.2) is 29.6 Å². The first-order valence-corrected chi connectivity index (χ1v) is 5.41. The van der Waals surface area contributed by atoms with Crippen LogP contribution in [0.3, 0.4) is 0 Å². The van der Waals surface area contributed by atoms with Crippen LogP contribution in [-0.4, -0.2) is 0 Å². The summed E-state index contributed by atoms with van der Waals surface area (Å²) in [6, 6.07) is 4.75. The Morgan fingerprint density at radius 1 is 1.12 bits per heavy atom. The normalized spacial score (nSPS) is 12.8. The zero-order chi connectivity index (χ0) is 11.7. The number of thiophene rings is 1. The van der Waals surface area contributed by atoms with Gasteiger partial charge in [-0.05, 0) is 29.1 Å². The summed E-state index contributed by atoms with van der Waals surface area (Å²) in [6.07, 6.45) is 0. The van der Waals surface area contributed by atoms with E-state index in [0.29, 0.717) is 0 Å². The topological polar surface area (TPSA) is 26.0 Å². The SMILES string of the molecule is N[C@@H](c1cc(F)c(F)c(F)c1)c1cccs1. The summed E-state index contributed by atoms with van der Waals surface area (Å²) in [7, 11) is 0. The van der Waals surface area contributed by atoms with Crippen LogP contribution >= 0.6 is 11.3 Å². The van der Waals surface area contributed by atoms with Gasteiger partial charge < -0.3 is 5.73 Å². The van der Waals surface area contributed by atoms with Crippen molar-refractivity contribution >= 4 is 11.3 Å². The molecule has 0 unspecified atom stereocenters. The second-order valence-electron chi connectivity index (χ2n) is 3.29. The predicted molar refractivity (Wildman–Crippen MR) is 56.7 cm³/mol. The summed E-state index contributed by atoms with van der Waals surface area (Å²) in [4.78, 5) is 0.769. The molecule has 2 N–H and O–H groups in total. The molecule has 5 heteroatoms. The van der Waals surface area contributed by atoms with Gasteiger partial charge in [0.15, 0.2) is 17.5 Å². The van der Waals surface area contributed by atoms with Gasteiger partial charge in [0, 0.05) is 4.88 Å². The lowest BCUT2D eigenvalue weighted by Gasteiger charge is -2.10. The fourth-order valence-electron chi connectivity index (χ4n) is 1.39. The fourth-order valence-corrected chi connectivity index (χ4v) is 2.14. The van der Waals surface area contributed by atoms with Crippen LogP contribution < -0.4 is 5.73 Å². The van der Waals surface area contributed by atoms with Crippen LogP contribution in [-0.2, 0) is 0 Å². The Hall–Kier alpha value is -1.33. The zero-order valence-corrected chi connectivity index (χ0v) is 8.90. The van der Waals surface area contributed by atoms with E-state index >= 15 is 0 Å². The molecule has 0 aliphatic heterocycles. The lowest BCUT2D eigenvalue weighted by molar-refractivity contribution is 0.444. The van der Waals surface area contributed by atoms with Crippen molar-refractivity contribution in [2.45, 2.75) is 6.04 Å². The molecule has 1 heterocycles. The number of halogens is 3. The minimum absolute atomic E-state index is 0.221. The van der Waals surface area contributed by atoms with E-state index in [9.17, 15) is 13.2 Å². The quantitative estimate of drug-likeness (QED) is 0.805. The summed E-state index contributed by atoms with van der Waals surface area (Å²) >= 11 is 1.38. The summed E-state index contributed by atoms with van der Waals surface area (Å²) in [5, 5.41) is 1.81. The lowest BCUT2D eigenvalue weighted by atomic mass is 10.1. The largest absolute Gasteiger partial charge is 0.320 e. The highest BCUT2D eigenvalue weighted by atomic mass is 32.1. The van der Waals surface area contributed by atoms with Crippen molar-refractivity contribution in [3.63, 3.8) is 0 Å². The molecule has 0 fully saturated rings. The average Bonchev–Trinajstić information content (AvgIpc) is 2.77. The minimum Gasteiger partial charge on any atom is -0.320 e. The standard InChI is InChI=1S/C11H8F3NS/c12-7-4-6(5-8(13)10(7)14)11(15)9-2-1-3-16-9/h1-5,11H,15H2/t11-/m0/s1. The molecule has 2 rings (SSSR count). The predicted octanol–water partition coefficient (Wildman–Crippen LogP) is 3.21. The number of rotatable bonds is 2. The maximum Gasteiger partial charge on any atom is 0.194 e. The van der Waals surface area contributed by atoms with Crippen LogP contribution in [0.25, 0.3) is 0 Å². The second kappa shape index (κ2) is 4.27. The molecule has 16 heavy (non-hydrogen) atoms. The fraction of sp³-hybridized carbons (Fsp3) is 0.0909. The maximum absolute atomic E-state index is 13.0. The molecule has 0 saturated heterocycles. The van der Waals surface area contributed by atoms with Crippen LogP contribution in [0.2, 0.25) is 0 Å². The van der Waals surface area contributed by atoms with Crippen molar-refractivity contribution in [1.29, 1.82) is 0 Å². The summed E-state index contributed by atoms with van der Waals surface area (Å²) in [5.74, 6) is -3.91. The summed E-state index contributed by atoms with van der Waals surface area (Å²) < 4.78 is 38.7. The van der Waals surface area contributed by atoms with E-state index in [4.69, 9.17) is 5.73 Å². The van der Waals surface area contributed by atoms with E-state index in [1.807, 2.05) is 5.38 Å². The van der Waals surface area contributed by atoms with Gasteiger partial charge in [0.05, 0.1) is 6.04 Å². The van der Waals surface area contributed by atoms with Gasteiger partial charge in [-0.1, -0.05) is 6.07 Å². The van der Waals surface area contributed by atoms with Gasteiger partial charge in [-0.15, -0.1) is 11.3 Å². The average molecular weight is 243 g/mol. The van der Waals surface area contributed by atoms with Crippen molar-refractivity contribution in [2.24, 2.45) is 5.73 Å². The smallest absolute Gasteiger partial charge is 0.194 e. The highest BCUT2D eigenvalue weighted by molar-refractivity contribution is 7.10. The first-order chi connectivity index (χ1) is 7.59. The zero-order valence-electron chi connectivity index (χ0n) is 8.08. The highest BCUT2D eigenvalue weighted by Gasteiger charge is 2.16. The highest BCUT2D eigenvalue weighted by Crippen LogP contribution is 2.25. The van der Waals surface area contributed by atoms with Crippen molar-refractivity contribution in [3.05, 3.63) is 57.5 Å². The molecule has 0 saturated carbocycles. The first-order valence-electron chi connectivity index (χ1n) is 4.53. The van der Waals surface area contributed by atoms with E-state index in [0.717, 1.165) is 17.0 Å². The number of hydrogen-bond acceptors (Lipinski definition) is 2. The van der Waals surface area contributed by atoms with Crippen molar-refractivity contribution in [3.8, 4) is 0 Å². The van der Waals surface area contributed by atoms with Crippen LogP contribution in [0, 0.1) is 17.5 Å². The van der Waals surface area contributed by atoms with Gasteiger partial charge in [0.25, 0.3) is 0 Å². The van der Waals surface area contributed by atoms with E-state index < -0.39 is 23.5 Å². The van der Waals surface area contributed by atoms with Crippen molar-refractivity contribution in [1.82, 2.24) is 0 Å². The van der Waals surface area contributed by atoms with Gasteiger partial charge in [0.1, 0.15) is 0 Å². The Balaban J connectivity index is 2.42. The molecule has 0 radical (unpaired) electrons. The molecule has 0 bridgehead atoms. The van der Waals surface area contributed by atoms with Gasteiger partial charge >= 0.3 is 0 Å². The molecular weight excluding hydrogens is 235 g/mol. The molecule has 1 nitrogen and oxygen atoms in total. The molecule has 0 spiro atoms. The third-order valence-corrected chi connectivity index (χ3v) is 3.17. The van der Waals surface area contributed by atoms with Gasteiger partial charge in [-0.2, -0.15) is 0 Å². The van der Waals surface area contributed by atoms with E-state index in [-0.39, 0.29) is 5.56 Å². The molecule has 0 amide bonds. The molecular formula is C11H8F3NS. The van der Waals surface area contributed by atoms with Crippen LogP contribution in [0.5, 0.6) is 0 Å². The molecule has 0 aliphatic rings. The van der Waals surface area contributed by atoms with Crippen LogP contribution in [0.1, 0.15) is 16.5 Å². The van der Waals surface area contributed by atoms with Gasteiger partial charge in [-0.25, -0.2) is 13.2 Å². The third-order valence-electron chi connectivity index (χ3n) is 2.21. The van der Waals surface area contributed by atoms with Gasteiger partial charge in [-0.3, -0.25) is 0 Å². The molecule has 1 atom stereocenters. The summed E-state index contributed by atoms with van der Waals surface area (Å²) in [6.45, 7) is 0.